The number of aromatic nitrogens is 2. The molecule has 17 heavy (non-hydrogen) atoms. The van der Waals surface area contributed by atoms with Crippen molar-refractivity contribution in [1.29, 1.82) is 0 Å². The van der Waals surface area contributed by atoms with Crippen LogP contribution in [0.2, 0.25) is 0 Å². The van der Waals surface area contributed by atoms with E-state index in [2.05, 4.69) is 16.9 Å². The molecule has 0 fully saturated rings. The fourth-order valence-electron chi connectivity index (χ4n) is 1.76. The van der Waals surface area contributed by atoms with Crippen molar-refractivity contribution < 1.29 is 10.0 Å². The van der Waals surface area contributed by atoms with Crippen molar-refractivity contribution in [3.05, 3.63) is 22.1 Å². The van der Waals surface area contributed by atoms with Gasteiger partial charge in [0.2, 0.25) is 5.82 Å². The number of H-pyrrole nitrogens is 1. The highest BCUT2D eigenvalue weighted by Crippen LogP contribution is 2.21. The number of nitrogens with one attached hydrogen (secondary N) is 1. The molecular formula is C11H19N3O3. The number of unbranched alkanes of at least 4 members (excludes halogenated alkanes) is 3. The number of nitro groups is 1. The topological polar surface area (TPSA) is 92.1 Å². The summed E-state index contributed by atoms with van der Waals surface area (Å²) in [5.74, 6) is 0.197. The predicted molar refractivity (Wildman–Crippen MR) is 63.8 cm³/mol. The lowest BCUT2D eigenvalue weighted by atomic mass is 10.0. The molecule has 1 unspecified atom stereocenters. The van der Waals surface area contributed by atoms with E-state index in [9.17, 15) is 15.2 Å². The number of nitrogens with zero attached hydrogens (tertiary/aromatic N) is 2. The van der Waals surface area contributed by atoms with Gasteiger partial charge in [-0.3, -0.25) is 0 Å². The Morgan fingerprint density at radius 1 is 1.53 bits per heavy atom. The predicted octanol–water partition coefficient (Wildman–Crippen LogP) is 2.36. The average molecular weight is 241 g/mol. The van der Waals surface area contributed by atoms with Gasteiger partial charge in [0.15, 0.2) is 0 Å². The highest BCUT2D eigenvalue weighted by atomic mass is 16.6. The number of rotatable bonds is 8. The van der Waals surface area contributed by atoms with E-state index < -0.39 is 4.92 Å². The summed E-state index contributed by atoms with van der Waals surface area (Å²) < 4.78 is 0. The fraction of sp³-hybridized carbons (Fsp3) is 0.727. The van der Waals surface area contributed by atoms with Gasteiger partial charge in [0.05, 0.1) is 12.5 Å². The quantitative estimate of drug-likeness (QED) is 0.415. The molecule has 0 aromatic carbocycles. The summed E-state index contributed by atoms with van der Waals surface area (Å²) in [5.41, 5.74) is 0. The zero-order valence-corrected chi connectivity index (χ0v) is 10.1. The molecule has 0 saturated heterocycles. The zero-order valence-electron chi connectivity index (χ0n) is 10.1. The van der Waals surface area contributed by atoms with Crippen LogP contribution in [0.25, 0.3) is 0 Å². The maximum atomic E-state index is 10.5. The molecule has 0 aliphatic heterocycles. The number of aliphatic hydroxyl groups excluding tert-OH is 1. The molecule has 96 valence electrons. The maximum absolute atomic E-state index is 10.5. The minimum absolute atomic E-state index is 0.0310. The first-order valence-electron chi connectivity index (χ1n) is 5.99. The van der Waals surface area contributed by atoms with Gasteiger partial charge in [-0.05, 0) is 16.3 Å². The smallest absolute Gasteiger partial charge is 0.381 e. The number of hydrogen-bond acceptors (Lipinski definition) is 4. The Morgan fingerprint density at radius 2 is 2.29 bits per heavy atom. The third-order valence-corrected chi connectivity index (χ3v) is 2.78. The van der Waals surface area contributed by atoms with Crippen LogP contribution in [0.15, 0.2) is 6.20 Å². The maximum Gasteiger partial charge on any atom is 0.381 e. The van der Waals surface area contributed by atoms with Gasteiger partial charge >= 0.3 is 5.82 Å². The third kappa shape index (κ3) is 4.14. The van der Waals surface area contributed by atoms with Crippen molar-refractivity contribution in [2.45, 2.75) is 44.9 Å². The minimum Gasteiger partial charge on any atom is -0.396 e. The first-order chi connectivity index (χ1) is 8.19. The van der Waals surface area contributed by atoms with Crippen molar-refractivity contribution in [2.24, 2.45) is 0 Å². The van der Waals surface area contributed by atoms with E-state index in [-0.39, 0.29) is 18.3 Å². The summed E-state index contributed by atoms with van der Waals surface area (Å²) in [4.78, 5) is 16.6. The molecule has 1 rings (SSSR count). The monoisotopic (exact) mass is 241 g/mol. The van der Waals surface area contributed by atoms with Crippen LogP contribution in [0.4, 0.5) is 5.82 Å². The van der Waals surface area contributed by atoms with Gasteiger partial charge in [0.25, 0.3) is 0 Å². The molecule has 0 saturated carbocycles. The van der Waals surface area contributed by atoms with E-state index >= 15 is 0 Å². The van der Waals surface area contributed by atoms with E-state index in [1.165, 1.54) is 12.6 Å². The number of imidazole rings is 1. The van der Waals surface area contributed by atoms with Crippen LogP contribution in [0.5, 0.6) is 0 Å². The molecule has 1 aromatic rings. The molecule has 6 heteroatoms. The molecule has 6 nitrogen and oxygen atoms in total. The highest BCUT2D eigenvalue weighted by Gasteiger charge is 2.21. The Morgan fingerprint density at radius 3 is 2.82 bits per heavy atom. The Kier molecular flexibility index (Phi) is 5.62. The van der Waals surface area contributed by atoms with Crippen LogP contribution in [-0.4, -0.2) is 26.6 Å². The molecule has 0 bridgehead atoms. The Bertz CT molecular complexity index is 351. The number of hydrogen-bond donors (Lipinski definition) is 2. The van der Waals surface area contributed by atoms with Crippen LogP contribution in [0.1, 0.15) is 50.8 Å². The van der Waals surface area contributed by atoms with Crippen LogP contribution in [-0.2, 0) is 0 Å². The second-order valence-electron chi connectivity index (χ2n) is 4.13. The van der Waals surface area contributed by atoms with Crippen LogP contribution in [0, 0.1) is 10.1 Å². The number of aliphatic hydroxyl groups is 1. The summed E-state index contributed by atoms with van der Waals surface area (Å²) in [6, 6.07) is 0. The molecule has 1 heterocycles. The van der Waals surface area contributed by atoms with E-state index in [0.717, 1.165) is 25.7 Å². The van der Waals surface area contributed by atoms with E-state index in [1.807, 2.05) is 0 Å². The largest absolute Gasteiger partial charge is 0.396 e. The summed E-state index contributed by atoms with van der Waals surface area (Å²) in [6.45, 7) is 2.11. The summed E-state index contributed by atoms with van der Waals surface area (Å²) in [5, 5.41) is 19.7. The first kappa shape index (κ1) is 13.6. The van der Waals surface area contributed by atoms with Crippen molar-refractivity contribution >= 4 is 5.82 Å². The third-order valence-electron chi connectivity index (χ3n) is 2.78. The fourth-order valence-corrected chi connectivity index (χ4v) is 1.76. The summed E-state index contributed by atoms with van der Waals surface area (Å²) in [7, 11) is 0. The zero-order chi connectivity index (χ0) is 12.7. The van der Waals surface area contributed by atoms with Gasteiger partial charge in [0.1, 0.15) is 6.20 Å². The molecule has 1 aromatic heterocycles. The lowest BCUT2D eigenvalue weighted by Gasteiger charge is -2.07. The Labute approximate surface area is 100 Å². The average Bonchev–Trinajstić information content (AvgIpc) is 2.79. The molecule has 0 spiro atoms. The van der Waals surface area contributed by atoms with Crippen molar-refractivity contribution in [3.8, 4) is 0 Å². The van der Waals surface area contributed by atoms with E-state index in [1.54, 1.807) is 0 Å². The molecule has 0 aliphatic carbocycles. The first-order valence-corrected chi connectivity index (χ1v) is 5.99. The second-order valence-corrected chi connectivity index (χ2v) is 4.13. The van der Waals surface area contributed by atoms with Gasteiger partial charge in [0, 0.05) is 0 Å². The Balaban J connectivity index is 2.50. The highest BCUT2D eigenvalue weighted by molar-refractivity contribution is 5.17. The molecule has 0 aliphatic rings. The summed E-state index contributed by atoms with van der Waals surface area (Å²) in [6.07, 6.45) is 6.54. The van der Waals surface area contributed by atoms with Crippen molar-refractivity contribution in [2.75, 3.05) is 6.61 Å². The van der Waals surface area contributed by atoms with Crippen molar-refractivity contribution in [1.82, 2.24) is 9.97 Å². The van der Waals surface area contributed by atoms with E-state index in [0.29, 0.717) is 5.82 Å². The molecular weight excluding hydrogens is 222 g/mol. The van der Waals surface area contributed by atoms with Crippen molar-refractivity contribution in [3.63, 3.8) is 0 Å². The van der Waals surface area contributed by atoms with Gasteiger partial charge in [-0.2, -0.15) is 0 Å². The summed E-state index contributed by atoms with van der Waals surface area (Å²) >= 11 is 0. The molecule has 1 atom stereocenters. The molecule has 0 amide bonds. The SMILES string of the molecule is CCCCCCC(CO)c1nc([N+](=O)[O-])c[nH]1. The van der Waals surface area contributed by atoms with E-state index in [4.69, 9.17) is 0 Å². The normalized spacial score (nSPS) is 12.6. The van der Waals surface area contributed by atoms with Crippen LogP contribution < -0.4 is 0 Å². The number of aromatic amines is 1. The van der Waals surface area contributed by atoms with Crippen LogP contribution in [0.3, 0.4) is 0 Å². The van der Waals surface area contributed by atoms with Gasteiger partial charge in [-0.25, -0.2) is 0 Å². The molecule has 2 N–H and O–H groups in total. The lowest BCUT2D eigenvalue weighted by Crippen LogP contribution is -2.06. The van der Waals surface area contributed by atoms with Crippen LogP contribution >= 0.6 is 0 Å². The lowest BCUT2D eigenvalue weighted by molar-refractivity contribution is -0.389. The standard InChI is InChI=1S/C11H19N3O3/c1-2-3-4-5-6-9(8-15)11-12-7-10(13-11)14(16)17/h7,9,15H,2-6,8H2,1H3,(H,12,13). The second kappa shape index (κ2) is 7.01. The van der Waals surface area contributed by atoms with Gasteiger partial charge < -0.3 is 20.2 Å². The van der Waals surface area contributed by atoms with Gasteiger partial charge in [-0.1, -0.05) is 32.6 Å². The minimum atomic E-state index is -0.536. The Hall–Kier alpha value is -1.43. The molecule has 0 radical (unpaired) electrons. The van der Waals surface area contributed by atoms with Gasteiger partial charge in [-0.15, -0.1) is 0 Å².